The Hall–Kier alpha value is -2.04. The molecule has 1 aliphatic heterocycles. The van der Waals surface area contributed by atoms with E-state index in [0.29, 0.717) is 37.5 Å². The first-order chi connectivity index (χ1) is 11.1. The number of hydrogen-bond acceptors (Lipinski definition) is 3. The van der Waals surface area contributed by atoms with Gasteiger partial charge in [-0.15, -0.1) is 0 Å². The predicted molar refractivity (Wildman–Crippen MR) is 87.3 cm³/mol. The van der Waals surface area contributed by atoms with Crippen molar-refractivity contribution in [3.8, 4) is 5.75 Å². The van der Waals surface area contributed by atoms with Crippen LogP contribution < -0.4 is 5.32 Å². The third-order valence-electron chi connectivity index (χ3n) is 4.78. The van der Waals surface area contributed by atoms with E-state index in [4.69, 9.17) is 0 Å². The second kappa shape index (κ2) is 6.60. The highest BCUT2D eigenvalue weighted by Crippen LogP contribution is 2.25. The Kier molecular flexibility index (Phi) is 4.55. The number of carbonyl (C=O) groups is 2. The monoisotopic (exact) mass is 316 g/mol. The van der Waals surface area contributed by atoms with Crippen LogP contribution in [0.1, 0.15) is 48.5 Å². The predicted octanol–water partition coefficient (Wildman–Crippen LogP) is 2.09. The van der Waals surface area contributed by atoms with Gasteiger partial charge in [0.05, 0.1) is 5.56 Å². The Morgan fingerprint density at radius 2 is 1.91 bits per heavy atom. The lowest BCUT2D eigenvalue weighted by atomic mass is 9.95. The Balaban J connectivity index is 1.60. The van der Waals surface area contributed by atoms with Crippen LogP contribution >= 0.6 is 0 Å². The van der Waals surface area contributed by atoms with E-state index in [1.165, 1.54) is 0 Å². The number of benzene rings is 1. The Morgan fingerprint density at radius 1 is 1.22 bits per heavy atom. The number of aryl methyl sites for hydroxylation is 1. The topological polar surface area (TPSA) is 69.6 Å². The standard InChI is InChI=1S/C18H24N2O3/c1-2-12-3-6-16(21)15(11-12)18(23)20-9-7-13(8-10-20)17(22)19-14-4-5-14/h3,6,11,13-14,21H,2,4-5,7-10H2,1H3,(H,19,22). The molecule has 1 heterocycles. The van der Waals surface area contributed by atoms with Crippen LogP contribution in [0.5, 0.6) is 5.75 Å². The first-order valence-corrected chi connectivity index (χ1v) is 8.50. The van der Waals surface area contributed by atoms with E-state index < -0.39 is 0 Å². The molecule has 124 valence electrons. The van der Waals surface area contributed by atoms with Gasteiger partial charge in [-0.1, -0.05) is 13.0 Å². The summed E-state index contributed by atoms with van der Waals surface area (Å²) in [6.07, 6.45) is 4.40. The maximum Gasteiger partial charge on any atom is 0.257 e. The molecule has 1 saturated heterocycles. The number of nitrogens with one attached hydrogen (secondary N) is 1. The van der Waals surface area contributed by atoms with Gasteiger partial charge in [0.15, 0.2) is 0 Å². The molecule has 3 rings (SSSR count). The van der Waals surface area contributed by atoms with Crippen LogP contribution in [0.25, 0.3) is 0 Å². The number of amides is 2. The molecule has 1 aromatic rings. The molecule has 0 bridgehead atoms. The molecular formula is C18H24N2O3. The molecule has 1 saturated carbocycles. The number of phenols is 1. The van der Waals surface area contributed by atoms with Crippen molar-refractivity contribution in [2.24, 2.45) is 5.92 Å². The van der Waals surface area contributed by atoms with Gasteiger partial charge in [-0.2, -0.15) is 0 Å². The van der Waals surface area contributed by atoms with Gasteiger partial charge in [-0.05, 0) is 49.8 Å². The van der Waals surface area contributed by atoms with Crippen molar-refractivity contribution in [3.63, 3.8) is 0 Å². The van der Waals surface area contributed by atoms with Crippen molar-refractivity contribution in [3.05, 3.63) is 29.3 Å². The molecule has 2 fully saturated rings. The van der Waals surface area contributed by atoms with Gasteiger partial charge in [0, 0.05) is 25.0 Å². The molecule has 23 heavy (non-hydrogen) atoms. The van der Waals surface area contributed by atoms with Crippen LogP contribution in [0, 0.1) is 5.92 Å². The molecule has 1 aromatic carbocycles. The van der Waals surface area contributed by atoms with Crippen molar-refractivity contribution in [2.45, 2.75) is 45.1 Å². The van der Waals surface area contributed by atoms with Crippen molar-refractivity contribution < 1.29 is 14.7 Å². The number of nitrogens with zero attached hydrogens (tertiary/aromatic N) is 1. The minimum absolute atomic E-state index is 0.00947. The number of phenolic OH excluding ortho intramolecular Hbond substituents is 1. The Morgan fingerprint density at radius 3 is 2.52 bits per heavy atom. The second-order valence-corrected chi connectivity index (χ2v) is 6.55. The zero-order chi connectivity index (χ0) is 16.4. The SMILES string of the molecule is CCc1ccc(O)c(C(=O)N2CCC(C(=O)NC3CC3)CC2)c1. The summed E-state index contributed by atoms with van der Waals surface area (Å²) in [5.74, 6) is 0.0327. The van der Waals surface area contributed by atoms with E-state index >= 15 is 0 Å². The van der Waals surface area contributed by atoms with Gasteiger partial charge in [0.2, 0.25) is 5.91 Å². The second-order valence-electron chi connectivity index (χ2n) is 6.55. The van der Waals surface area contributed by atoms with Gasteiger partial charge < -0.3 is 15.3 Å². The molecule has 2 amide bonds. The number of hydrogen-bond donors (Lipinski definition) is 2. The molecule has 1 aliphatic carbocycles. The highest BCUT2D eigenvalue weighted by Gasteiger charge is 2.31. The third kappa shape index (κ3) is 3.66. The summed E-state index contributed by atoms with van der Waals surface area (Å²) in [5.41, 5.74) is 1.40. The fraction of sp³-hybridized carbons (Fsp3) is 0.556. The summed E-state index contributed by atoms with van der Waals surface area (Å²) >= 11 is 0. The van der Waals surface area contributed by atoms with Gasteiger partial charge in [0.1, 0.15) is 5.75 Å². The lowest BCUT2D eigenvalue weighted by Gasteiger charge is -2.31. The highest BCUT2D eigenvalue weighted by atomic mass is 16.3. The minimum atomic E-state index is -0.140. The van der Waals surface area contributed by atoms with Crippen LogP contribution in [0.3, 0.4) is 0 Å². The molecule has 0 unspecified atom stereocenters. The molecule has 2 N–H and O–H groups in total. The van der Waals surface area contributed by atoms with E-state index in [9.17, 15) is 14.7 Å². The zero-order valence-corrected chi connectivity index (χ0v) is 13.5. The minimum Gasteiger partial charge on any atom is -0.507 e. The fourth-order valence-corrected chi connectivity index (χ4v) is 3.04. The van der Waals surface area contributed by atoms with Gasteiger partial charge in [-0.3, -0.25) is 9.59 Å². The number of piperidine rings is 1. The summed E-state index contributed by atoms with van der Waals surface area (Å²) in [7, 11) is 0. The Labute approximate surface area is 136 Å². The highest BCUT2D eigenvalue weighted by molar-refractivity contribution is 5.97. The number of likely N-dealkylation sites (tertiary alicyclic amines) is 1. The van der Waals surface area contributed by atoms with Crippen molar-refractivity contribution >= 4 is 11.8 Å². The molecule has 0 aromatic heterocycles. The molecule has 5 heteroatoms. The van der Waals surface area contributed by atoms with Crippen LogP contribution in [-0.2, 0) is 11.2 Å². The first kappa shape index (κ1) is 15.8. The molecule has 0 atom stereocenters. The molecule has 0 radical (unpaired) electrons. The number of carbonyl (C=O) groups excluding carboxylic acids is 2. The van der Waals surface area contributed by atoms with Crippen molar-refractivity contribution in [2.75, 3.05) is 13.1 Å². The van der Waals surface area contributed by atoms with Gasteiger partial charge in [0.25, 0.3) is 5.91 Å². The Bertz CT molecular complexity index is 602. The third-order valence-corrected chi connectivity index (χ3v) is 4.78. The van der Waals surface area contributed by atoms with Crippen LogP contribution in [0.2, 0.25) is 0 Å². The van der Waals surface area contributed by atoms with E-state index in [0.717, 1.165) is 24.8 Å². The summed E-state index contributed by atoms with van der Waals surface area (Å²) in [5, 5.41) is 13.0. The maximum absolute atomic E-state index is 12.6. The summed E-state index contributed by atoms with van der Waals surface area (Å²) in [6, 6.07) is 5.57. The summed E-state index contributed by atoms with van der Waals surface area (Å²) < 4.78 is 0. The van der Waals surface area contributed by atoms with E-state index in [2.05, 4.69) is 5.32 Å². The average molecular weight is 316 g/mol. The molecule has 0 spiro atoms. The molecular weight excluding hydrogens is 292 g/mol. The van der Waals surface area contributed by atoms with Gasteiger partial charge in [-0.25, -0.2) is 0 Å². The first-order valence-electron chi connectivity index (χ1n) is 8.50. The molecule has 2 aliphatic rings. The van der Waals surface area contributed by atoms with E-state index in [1.54, 1.807) is 17.0 Å². The van der Waals surface area contributed by atoms with Crippen LogP contribution in [-0.4, -0.2) is 41.0 Å². The van der Waals surface area contributed by atoms with Crippen LogP contribution in [0.15, 0.2) is 18.2 Å². The summed E-state index contributed by atoms with van der Waals surface area (Å²) in [4.78, 5) is 26.4. The number of rotatable bonds is 4. The quantitative estimate of drug-likeness (QED) is 0.893. The number of aromatic hydroxyl groups is 1. The van der Waals surface area contributed by atoms with Crippen molar-refractivity contribution in [1.29, 1.82) is 0 Å². The normalized spacial score (nSPS) is 18.7. The largest absolute Gasteiger partial charge is 0.507 e. The lowest BCUT2D eigenvalue weighted by Crippen LogP contribution is -2.43. The zero-order valence-electron chi connectivity index (χ0n) is 13.5. The smallest absolute Gasteiger partial charge is 0.257 e. The molecule has 5 nitrogen and oxygen atoms in total. The van der Waals surface area contributed by atoms with E-state index in [1.807, 2.05) is 13.0 Å². The maximum atomic E-state index is 12.6. The summed E-state index contributed by atoms with van der Waals surface area (Å²) in [6.45, 7) is 3.15. The van der Waals surface area contributed by atoms with Gasteiger partial charge >= 0.3 is 0 Å². The van der Waals surface area contributed by atoms with Crippen molar-refractivity contribution in [1.82, 2.24) is 10.2 Å². The van der Waals surface area contributed by atoms with Crippen LogP contribution in [0.4, 0.5) is 0 Å². The lowest BCUT2D eigenvalue weighted by molar-refractivity contribution is -0.126. The fourth-order valence-electron chi connectivity index (χ4n) is 3.04. The van der Waals surface area contributed by atoms with E-state index in [-0.39, 0.29) is 23.5 Å². The average Bonchev–Trinajstić information content (AvgIpc) is 3.39.